The maximum Gasteiger partial charge on any atom is 0.223 e. The number of carbonyl (C=O) groups excluding carboxylic acids is 1. The van der Waals surface area contributed by atoms with Gasteiger partial charge in [0.15, 0.2) is 0 Å². The van der Waals surface area contributed by atoms with E-state index in [0.29, 0.717) is 23.9 Å². The molecule has 0 aromatic heterocycles. The average molecular weight is 238 g/mol. The van der Waals surface area contributed by atoms with Crippen molar-refractivity contribution in [2.24, 2.45) is 5.92 Å². The van der Waals surface area contributed by atoms with E-state index in [4.69, 9.17) is 0 Å². The largest absolute Gasteiger partial charge is 0.337 e. The molecule has 2 heterocycles. The first kappa shape index (κ1) is 12.9. The van der Waals surface area contributed by atoms with Gasteiger partial charge < -0.3 is 10.2 Å². The molecule has 2 saturated heterocycles. The van der Waals surface area contributed by atoms with Crippen molar-refractivity contribution in [3.05, 3.63) is 0 Å². The van der Waals surface area contributed by atoms with Crippen LogP contribution in [-0.2, 0) is 4.79 Å². The van der Waals surface area contributed by atoms with Crippen molar-refractivity contribution in [1.29, 1.82) is 0 Å². The summed E-state index contributed by atoms with van der Waals surface area (Å²) in [5.41, 5.74) is 0. The van der Waals surface area contributed by atoms with Gasteiger partial charge >= 0.3 is 0 Å². The molecule has 2 atom stereocenters. The van der Waals surface area contributed by atoms with Crippen LogP contribution in [0.15, 0.2) is 0 Å². The van der Waals surface area contributed by atoms with Crippen LogP contribution in [0.4, 0.5) is 0 Å². The molecule has 0 aromatic rings. The Balaban J connectivity index is 1.88. The Morgan fingerprint density at radius 2 is 1.71 bits per heavy atom. The summed E-state index contributed by atoms with van der Waals surface area (Å²) in [6, 6.07) is 0.904. The third-order valence-corrected chi connectivity index (χ3v) is 4.40. The number of rotatable bonds is 2. The Morgan fingerprint density at radius 1 is 1.12 bits per heavy atom. The Hall–Kier alpha value is -0.570. The normalized spacial score (nSPS) is 31.5. The fourth-order valence-electron chi connectivity index (χ4n) is 3.35. The summed E-state index contributed by atoms with van der Waals surface area (Å²) in [5.74, 6) is 1.02. The van der Waals surface area contributed by atoms with Crippen LogP contribution in [0.1, 0.15) is 52.4 Å². The van der Waals surface area contributed by atoms with E-state index in [1.54, 1.807) is 0 Å². The number of piperidine rings is 2. The second kappa shape index (κ2) is 5.85. The van der Waals surface area contributed by atoms with Gasteiger partial charge in [-0.3, -0.25) is 4.79 Å². The molecule has 2 fully saturated rings. The Morgan fingerprint density at radius 3 is 2.29 bits per heavy atom. The van der Waals surface area contributed by atoms with Crippen LogP contribution in [0.25, 0.3) is 0 Å². The van der Waals surface area contributed by atoms with Gasteiger partial charge in [0.1, 0.15) is 0 Å². The van der Waals surface area contributed by atoms with Crippen molar-refractivity contribution in [1.82, 2.24) is 10.2 Å². The Kier molecular flexibility index (Phi) is 4.43. The predicted octanol–water partition coefficient (Wildman–Crippen LogP) is 2.17. The molecule has 1 N–H and O–H groups in total. The van der Waals surface area contributed by atoms with E-state index in [2.05, 4.69) is 24.1 Å². The van der Waals surface area contributed by atoms with Crippen molar-refractivity contribution in [3.63, 3.8) is 0 Å². The van der Waals surface area contributed by atoms with Crippen LogP contribution < -0.4 is 5.32 Å². The molecule has 0 radical (unpaired) electrons. The number of hydrogen-bond donors (Lipinski definition) is 1. The molecule has 0 unspecified atom stereocenters. The summed E-state index contributed by atoms with van der Waals surface area (Å²) in [6.07, 6.45) is 6.76. The first-order chi connectivity index (χ1) is 8.18. The second-order valence-electron chi connectivity index (χ2n) is 5.83. The minimum Gasteiger partial charge on any atom is -0.337 e. The highest BCUT2D eigenvalue weighted by atomic mass is 16.2. The van der Waals surface area contributed by atoms with Crippen LogP contribution in [0, 0.1) is 5.92 Å². The maximum atomic E-state index is 12.4. The Labute approximate surface area is 105 Å². The van der Waals surface area contributed by atoms with Crippen molar-refractivity contribution >= 4 is 5.91 Å². The van der Waals surface area contributed by atoms with Gasteiger partial charge in [-0.15, -0.1) is 0 Å². The minimum absolute atomic E-state index is 0.400. The Bertz CT molecular complexity index is 251. The zero-order valence-corrected chi connectivity index (χ0v) is 11.2. The van der Waals surface area contributed by atoms with Gasteiger partial charge in [0.25, 0.3) is 0 Å². The van der Waals surface area contributed by atoms with Crippen LogP contribution >= 0.6 is 0 Å². The molecule has 3 nitrogen and oxygen atoms in total. The van der Waals surface area contributed by atoms with E-state index in [1.807, 2.05) is 0 Å². The van der Waals surface area contributed by atoms with Gasteiger partial charge in [-0.1, -0.05) is 0 Å². The average Bonchev–Trinajstić information content (AvgIpc) is 2.30. The van der Waals surface area contributed by atoms with Crippen LogP contribution in [0.3, 0.4) is 0 Å². The molecule has 2 aliphatic rings. The van der Waals surface area contributed by atoms with Crippen LogP contribution in [0.2, 0.25) is 0 Å². The molecular formula is C14H26N2O. The lowest BCUT2D eigenvalue weighted by molar-refractivity contribution is -0.138. The standard InChI is InChI=1S/C14H26N2O/c1-11-4-3-5-12(2)16(11)14(17)10-13-6-8-15-9-7-13/h11-13,15H,3-10H2,1-2H3/t11-,12+. The first-order valence-electron chi connectivity index (χ1n) is 7.20. The number of nitrogens with zero attached hydrogens (tertiary/aromatic N) is 1. The molecule has 2 rings (SSSR count). The van der Waals surface area contributed by atoms with Gasteiger partial charge in [0.05, 0.1) is 0 Å². The molecule has 0 saturated carbocycles. The zero-order chi connectivity index (χ0) is 12.3. The molecule has 98 valence electrons. The first-order valence-corrected chi connectivity index (χ1v) is 7.20. The highest BCUT2D eigenvalue weighted by molar-refractivity contribution is 5.77. The summed E-state index contributed by atoms with van der Waals surface area (Å²) in [7, 11) is 0. The highest BCUT2D eigenvalue weighted by Gasteiger charge is 2.30. The summed E-state index contributed by atoms with van der Waals surface area (Å²) < 4.78 is 0. The fourth-order valence-corrected chi connectivity index (χ4v) is 3.35. The quantitative estimate of drug-likeness (QED) is 0.799. The van der Waals surface area contributed by atoms with Gasteiger partial charge in [-0.05, 0) is 65.0 Å². The second-order valence-corrected chi connectivity index (χ2v) is 5.83. The summed E-state index contributed by atoms with van der Waals surface area (Å²) in [4.78, 5) is 14.6. The molecule has 0 aliphatic carbocycles. The molecule has 2 aliphatic heterocycles. The zero-order valence-electron chi connectivity index (χ0n) is 11.2. The molecule has 0 bridgehead atoms. The van der Waals surface area contributed by atoms with Crippen molar-refractivity contribution in [3.8, 4) is 0 Å². The van der Waals surface area contributed by atoms with E-state index < -0.39 is 0 Å². The minimum atomic E-state index is 0.400. The van der Waals surface area contributed by atoms with E-state index in [-0.39, 0.29) is 0 Å². The number of carbonyl (C=O) groups is 1. The third-order valence-electron chi connectivity index (χ3n) is 4.40. The van der Waals surface area contributed by atoms with E-state index >= 15 is 0 Å². The number of likely N-dealkylation sites (tertiary alicyclic amines) is 1. The lowest BCUT2D eigenvalue weighted by atomic mass is 9.91. The third kappa shape index (κ3) is 3.21. The number of amides is 1. The molecule has 17 heavy (non-hydrogen) atoms. The summed E-state index contributed by atoms with van der Waals surface area (Å²) >= 11 is 0. The molecule has 0 spiro atoms. The van der Waals surface area contributed by atoms with Crippen LogP contribution in [0.5, 0.6) is 0 Å². The maximum absolute atomic E-state index is 12.4. The van der Waals surface area contributed by atoms with Crippen molar-refractivity contribution < 1.29 is 4.79 Å². The van der Waals surface area contributed by atoms with Gasteiger partial charge in [0.2, 0.25) is 5.91 Å². The summed E-state index contributed by atoms with van der Waals surface area (Å²) in [5, 5.41) is 3.36. The fraction of sp³-hybridized carbons (Fsp3) is 0.929. The monoisotopic (exact) mass is 238 g/mol. The highest BCUT2D eigenvalue weighted by Crippen LogP contribution is 2.25. The van der Waals surface area contributed by atoms with Gasteiger partial charge in [-0.2, -0.15) is 0 Å². The van der Waals surface area contributed by atoms with Crippen molar-refractivity contribution in [2.45, 2.75) is 64.5 Å². The lowest BCUT2D eigenvalue weighted by Gasteiger charge is -2.40. The smallest absolute Gasteiger partial charge is 0.223 e. The van der Waals surface area contributed by atoms with Gasteiger partial charge in [0, 0.05) is 18.5 Å². The lowest BCUT2D eigenvalue weighted by Crippen LogP contribution is -2.48. The van der Waals surface area contributed by atoms with Crippen molar-refractivity contribution in [2.75, 3.05) is 13.1 Å². The van der Waals surface area contributed by atoms with Crippen LogP contribution in [-0.4, -0.2) is 36.0 Å². The number of nitrogens with one attached hydrogen (secondary N) is 1. The van der Waals surface area contributed by atoms with E-state index in [9.17, 15) is 4.79 Å². The molecular weight excluding hydrogens is 212 g/mol. The molecule has 3 heteroatoms. The molecule has 0 aromatic carbocycles. The van der Waals surface area contributed by atoms with E-state index in [1.165, 1.54) is 32.1 Å². The number of hydrogen-bond acceptors (Lipinski definition) is 2. The summed E-state index contributed by atoms with van der Waals surface area (Å²) in [6.45, 7) is 6.58. The molecule has 1 amide bonds. The van der Waals surface area contributed by atoms with Gasteiger partial charge in [-0.25, -0.2) is 0 Å². The van der Waals surface area contributed by atoms with E-state index in [0.717, 1.165) is 19.5 Å². The predicted molar refractivity (Wildman–Crippen MR) is 69.8 cm³/mol. The SMILES string of the molecule is C[C@@H]1CCC[C@H](C)N1C(=O)CC1CCNCC1. The topological polar surface area (TPSA) is 32.3 Å².